The van der Waals surface area contributed by atoms with Crippen LogP contribution in [-0.4, -0.2) is 4.21 Å². The molecule has 2 aromatic rings. The topological polar surface area (TPSA) is 43.1 Å². The Hall–Kier alpha value is -1.32. The van der Waals surface area contributed by atoms with Crippen molar-refractivity contribution in [3.05, 3.63) is 58.6 Å². The van der Waals surface area contributed by atoms with E-state index in [-0.39, 0.29) is 0 Å². The van der Waals surface area contributed by atoms with Gasteiger partial charge in [-0.25, -0.2) is 0 Å². The van der Waals surface area contributed by atoms with Gasteiger partial charge in [0, 0.05) is 5.02 Å². The fourth-order valence-electron chi connectivity index (χ4n) is 1.66. The summed E-state index contributed by atoms with van der Waals surface area (Å²) in [5.74, 6) is 0.449. The van der Waals surface area contributed by atoms with E-state index in [9.17, 15) is 4.21 Å². The van der Waals surface area contributed by atoms with Crippen LogP contribution < -0.4 is 5.73 Å². The molecule has 0 spiro atoms. The van der Waals surface area contributed by atoms with E-state index in [1.807, 2.05) is 37.3 Å². The average Bonchev–Trinajstić information content (AvgIpc) is 2.35. The number of aryl methyl sites for hydroxylation is 1. The van der Waals surface area contributed by atoms with Crippen molar-refractivity contribution in [1.29, 1.82) is 0 Å². The molecule has 18 heavy (non-hydrogen) atoms. The third-order valence-electron chi connectivity index (χ3n) is 2.74. The van der Waals surface area contributed by atoms with Crippen molar-refractivity contribution in [2.45, 2.75) is 17.6 Å². The molecule has 0 fully saturated rings. The predicted molar refractivity (Wildman–Crippen MR) is 77.2 cm³/mol. The van der Waals surface area contributed by atoms with Crippen LogP contribution in [0.5, 0.6) is 0 Å². The Kier molecular flexibility index (Phi) is 4.04. The first-order valence-electron chi connectivity index (χ1n) is 5.56. The molecule has 4 heteroatoms. The first-order valence-corrected chi connectivity index (χ1v) is 7.25. The highest BCUT2D eigenvalue weighted by molar-refractivity contribution is 7.84. The molecule has 2 N–H and O–H groups in total. The fraction of sp³-hybridized carbons (Fsp3) is 0.143. The molecule has 0 aliphatic carbocycles. The Morgan fingerprint density at radius 3 is 2.50 bits per heavy atom. The van der Waals surface area contributed by atoms with Gasteiger partial charge in [-0.3, -0.25) is 4.21 Å². The number of benzene rings is 2. The number of nitrogen functional groups attached to an aromatic ring is 1. The molecule has 1 atom stereocenters. The van der Waals surface area contributed by atoms with Crippen molar-refractivity contribution >= 4 is 28.1 Å². The highest BCUT2D eigenvalue weighted by Gasteiger charge is 2.10. The second-order valence-corrected chi connectivity index (χ2v) is 5.96. The molecule has 0 heterocycles. The highest BCUT2D eigenvalue weighted by Crippen LogP contribution is 2.22. The highest BCUT2D eigenvalue weighted by atomic mass is 35.5. The summed E-state index contributed by atoms with van der Waals surface area (Å²) in [6.45, 7) is 1.92. The van der Waals surface area contributed by atoms with Crippen LogP contribution >= 0.6 is 11.6 Å². The van der Waals surface area contributed by atoms with E-state index >= 15 is 0 Å². The molecular weight excluding hydrogens is 266 g/mol. The molecule has 0 amide bonds. The van der Waals surface area contributed by atoms with E-state index in [2.05, 4.69) is 0 Å². The van der Waals surface area contributed by atoms with Gasteiger partial charge in [0.25, 0.3) is 0 Å². The second kappa shape index (κ2) is 5.55. The van der Waals surface area contributed by atoms with Crippen LogP contribution in [0, 0.1) is 6.92 Å². The maximum atomic E-state index is 12.3. The van der Waals surface area contributed by atoms with Crippen LogP contribution in [0.3, 0.4) is 0 Å². The van der Waals surface area contributed by atoms with Gasteiger partial charge in [0.1, 0.15) is 0 Å². The molecule has 0 bridgehead atoms. The second-order valence-electron chi connectivity index (χ2n) is 4.10. The van der Waals surface area contributed by atoms with Gasteiger partial charge in [0.2, 0.25) is 0 Å². The maximum absolute atomic E-state index is 12.3. The Labute approximate surface area is 114 Å². The zero-order valence-corrected chi connectivity index (χ0v) is 11.6. The van der Waals surface area contributed by atoms with Gasteiger partial charge >= 0.3 is 0 Å². The van der Waals surface area contributed by atoms with Gasteiger partial charge in [-0.1, -0.05) is 35.9 Å². The van der Waals surface area contributed by atoms with E-state index in [0.717, 1.165) is 11.1 Å². The number of nitrogens with two attached hydrogens (primary N) is 1. The van der Waals surface area contributed by atoms with E-state index in [1.54, 1.807) is 12.1 Å². The van der Waals surface area contributed by atoms with E-state index in [4.69, 9.17) is 17.3 Å². The van der Waals surface area contributed by atoms with Gasteiger partial charge in [0.05, 0.1) is 27.1 Å². The molecule has 0 saturated heterocycles. The van der Waals surface area contributed by atoms with Gasteiger partial charge in [0.15, 0.2) is 0 Å². The molecule has 2 nitrogen and oxygen atoms in total. The quantitative estimate of drug-likeness (QED) is 0.874. The van der Waals surface area contributed by atoms with E-state index in [1.165, 1.54) is 0 Å². The van der Waals surface area contributed by atoms with E-state index < -0.39 is 10.8 Å². The summed E-state index contributed by atoms with van der Waals surface area (Å²) in [5.41, 5.74) is 8.50. The number of hydrogen-bond acceptors (Lipinski definition) is 2. The molecule has 0 radical (unpaired) electrons. The van der Waals surface area contributed by atoms with Crippen LogP contribution in [0.25, 0.3) is 0 Å². The summed E-state index contributed by atoms with van der Waals surface area (Å²) in [6, 6.07) is 13.0. The van der Waals surface area contributed by atoms with Crippen molar-refractivity contribution in [2.24, 2.45) is 0 Å². The molecule has 0 aliphatic rings. The smallest absolute Gasteiger partial charge is 0.0623 e. The summed E-state index contributed by atoms with van der Waals surface area (Å²) in [5, 5.41) is 0.680. The molecule has 0 aromatic heterocycles. The van der Waals surface area contributed by atoms with Crippen LogP contribution in [-0.2, 0) is 16.6 Å². The molecule has 2 aromatic carbocycles. The van der Waals surface area contributed by atoms with Crippen LogP contribution in [0.2, 0.25) is 5.02 Å². The fourth-order valence-corrected chi connectivity index (χ4v) is 3.08. The summed E-state index contributed by atoms with van der Waals surface area (Å²) in [6.07, 6.45) is 0. The molecule has 2 rings (SSSR count). The largest absolute Gasteiger partial charge is 0.398 e. The lowest BCUT2D eigenvalue weighted by Gasteiger charge is -2.08. The Balaban J connectivity index is 2.22. The van der Waals surface area contributed by atoms with Crippen LogP contribution in [0.15, 0.2) is 47.4 Å². The average molecular weight is 280 g/mol. The Morgan fingerprint density at radius 1 is 1.17 bits per heavy atom. The van der Waals surface area contributed by atoms with Crippen molar-refractivity contribution in [3.63, 3.8) is 0 Å². The van der Waals surface area contributed by atoms with Gasteiger partial charge < -0.3 is 5.73 Å². The van der Waals surface area contributed by atoms with Gasteiger partial charge in [-0.15, -0.1) is 0 Å². The summed E-state index contributed by atoms with van der Waals surface area (Å²) in [7, 11) is -1.13. The van der Waals surface area contributed by atoms with Crippen molar-refractivity contribution in [1.82, 2.24) is 0 Å². The lowest BCUT2D eigenvalue weighted by Crippen LogP contribution is -2.02. The van der Waals surface area contributed by atoms with Crippen LogP contribution in [0.1, 0.15) is 11.1 Å². The molecule has 1 unspecified atom stereocenters. The molecule has 0 saturated carbocycles. The zero-order valence-electron chi connectivity index (χ0n) is 10.0. The molecule has 0 aliphatic heterocycles. The molecular formula is C14H14ClNOS. The van der Waals surface area contributed by atoms with Crippen molar-refractivity contribution in [2.75, 3.05) is 5.73 Å². The SMILES string of the molecule is Cc1cccc(S(=O)Cc2ccc(Cl)cc2)c1N. The first kappa shape index (κ1) is 13.1. The zero-order chi connectivity index (χ0) is 13.1. The summed E-state index contributed by atoms with van der Waals surface area (Å²) < 4.78 is 12.3. The van der Waals surface area contributed by atoms with E-state index in [0.29, 0.717) is 21.4 Å². The Bertz CT molecular complexity index is 581. The number of hydrogen-bond donors (Lipinski definition) is 1. The predicted octanol–water partition coefficient (Wildman–Crippen LogP) is 3.54. The molecule has 94 valence electrons. The third-order valence-corrected chi connectivity index (χ3v) is 4.43. The first-order chi connectivity index (χ1) is 8.58. The standard InChI is InChI=1S/C14H14ClNOS/c1-10-3-2-4-13(14(10)16)18(17)9-11-5-7-12(15)8-6-11/h2-8H,9,16H2,1H3. The number of halogens is 1. The number of rotatable bonds is 3. The Morgan fingerprint density at radius 2 is 1.83 bits per heavy atom. The lowest BCUT2D eigenvalue weighted by molar-refractivity contribution is 0.683. The van der Waals surface area contributed by atoms with Crippen LogP contribution in [0.4, 0.5) is 5.69 Å². The van der Waals surface area contributed by atoms with Crippen molar-refractivity contribution in [3.8, 4) is 0 Å². The minimum atomic E-state index is -1.13. The maximum Gasteiger partial charge on any atom is 0.0623 e. The van der Waals surface area contributed by atoms with Crippen molar-refractivity contribution < 1.29 is 4.21 Å². The summed E-state index contributed by atoms with van der Waals surface area (Å²) >= 11 is 5.82. The van der Waals surface area contributed by atoms with Gasteiger partial charge in [-0.05, 0) is 36.2 Å². The minimum absolute atomic E-state index is 0.449. The number of para-hydroxylation sites is 1. The lowest BCUT2D eigenvalue weighted by atomic mass is 10.2. The minimum Gasteiger partial charge on any atom is -0.398 e. The van der Waals surface area contributed by atoms with Gasteiger partial charge in [-0.2, -0.15) is 0 Å². The monoisotopic (exact) mass is 279 g/mol. The summed E-state index contributed by atoms with van der Waals surface area (Å²) in [4.78, 5) is 0.699. The third kappa shape index (κ3) is 2.92. The number of anilines is 1. The normalized spacial score (nSPS) is 12.3.